The van der Waals surface area contributed by atoms with Crippen molar-refractivity contribution >= 4 is 0 Å². The summed E-state index contributed by atoms with van der Waals surface area (Å²) in [5.41, 5.74) is 0. The van der Waals surface area contributed by atoms with Gasteiger partial charge in [-0.2, -0.15) is 19.9 Å². The molecule has 0 unspecified atom stereocenters. The number of rotatable bonds is 2. The SMILES string of the molecule is c1ncnc(Oc2ncncn2)n1. The normalized spacial score (nSPS) is 9.54. The summed E-state index contributed by atoms with van der Waals surface area (Å²) < 4.78 is 5.05. The highest BCUT2D eigenvalue weighted by Gasteiger charge is 1.99. The van der Waals surface area contributed by atoms with Gasteiger partial charge in [-0.3, -0.25) is 0 Å². The number of hydrogen-bond donors (Lipinski definition) is 0. The van der Waals surface area contributed by atoms with E-state index in [1.807, 2.05) is 0 Å². The molecule has 0 amide bonds. The molecule has 2 aromatic rings. The van der Waals surface area contributed by atoms with E-state index in [1.54, 1.807) is 0 Å². The fourth-order valence-electron chi connectivity index (χ4n) is 0.644. The molecular formula is C6H4N6O. The minimum Gasteiger partial charge on any atom is -0.388 e. The molecule has 2 heterocycles. The highest BCUT2D eigenvalue weighted by atomic mass is 16.5. The lowest BCUT2D eigenvalue weighted by atomic mass is 10.9. The Balaban J connectivity index is 2.16. The molecule has 0 aromatic carbocycles. The maximum atomic E-state index is 5.05. The van der Waals surface area contributed by atoms with Gasteiger partial charge in [-0.05, 0) is 0 Å². The van der Waals surface area contributed by atoms with E-state index in [4.69, 9.17) is 4.74 Å². The third-order valence-electron chi connectivity index (χ3n) is 1.12. The Morgan fingerprint density at radius 3 is 1.46 bits per heavy atom. The molecular weight excluding hydrogens is 172 g/mol. The van der Waals surface area contributed by atoms with E-state index in [0.717, 1.165) is 0 Å². The van der Waals surface area contributed by atoms with Gasteiger partial charge in [-0.25, -0.2) is 9.97 Å². The van der Waals surface area contributed by atoms with Crippen LogP contribution in [-0.2, 0) is 0 Å². The minimum atomic E-state index is 0.154. The second kappa shape index (κ2) is 3.48. The molecule has 2 rings (SSSR count). The van der Waals surface area contributed by atoms with E-state index >= 15 is 0 Å². The number of hydrogen-bond acceptors (Lipinski definition) is 7. The molecule has 0 aliphatic heterocycles. The van der Waals surface area contributed by atoms with Crippen LogP contribution in [0.2, 0.25) is 0 Å². The first-order chi connectivity index (χ1) is 6.45. The highest BCUT2D eigenvalue weighted by Crippen LogP contribution is 2.06. The van der Waals surface area contributed by atoms with E-state index in [9.17, 15) is 0 Å². The van der Waals surface area contributed by atoms with E-state index in [2.05, 4.69) is 29.9 Å². The zero-order valence-electron chi connectivity index (χ0n) is 6.40. The summed E-state index contributed by atoms with van der Waals surface area (Å²) >= 11 is 0. The van der Waals surface area contributed by atoms with E-state index in [-0.39, 0.29) is 12.0 Å². The molecule has 7 nitrogen and oxygen atoms in total. The van der Waals surface area contributed by atoms with Gasteiger partial charge in [0.1, 0.15) is 25.3 Å². The van der Waals surface area contributed by atoms with Gasteiger partial charge in [0.15, 0.2) is 0 Å². The Hall–Kier alpha value is -2.18. The summed E-state index contributed by atoms with van der Waals surface area (Å²) in [4.78, 5) is 22.2. The van der Waals surface area contributed by atoms with Gasteiger partial charge in [0.2, 0.25) is 0 Å². The smallest absolute Gasteiger partial charge is 0.327 e. The molecule has 0 N–H and O–H groups in total. The summed E-state index contributed by atoms with van der Waals surface area (Å²) in [6, 6.07) is 0.308. The van der Waals surface area contributed by atoms with Crippen molar-refractivity contribution in [3.63, 3.8) is 0 Å². The molecule has 0 saturated heterocycles. The van der Waals surface area contributed by atoms with Gasteiger partial charge in [0.05, 0.1) is 0 Å². The van der Waals surface area contributed by atoms with E-state index in [1.165, 1.54) is 25.3 Å². The fourth-order valence-corrected chi connectivity index (χ4v) is 0.644. The second-order valence-electron chi connectivity index (χ2n) is 1.94. The molecule has 0 radical (unpaired) electrons. The largest absolute Gasteiger partial charge is 0.388 e. The summed E-state index contributed by atoms with van der Waals surface area (Å²) in [5, 5.41) is 0. The van der Waals surface area contributed by atoms with Crippen LogP contribution in [0.1, 0.15) is 0 Å². The third kappa shape index (κ3) is 1.89. The first-order valence-corrected chi connectivity index (χ1v) is 3.37. The van der Waals surface area contributed by atoms with Gasteiger partial charge in [-0.1, -0.05) is 0 Å². The standard InChI is InChI=1S/C6H4N6O/c1-7-2-10-5(9-1)13-6-11-3-8-4-12-6/h1-4H. The quantitative estimate of drug-likeness (QED) is 0.628. The average molecular weight is 176 g/mol. The van der Waals surface area contributed by atoms with Crippen LogP contribution in [0.5, 0.6) is 12.0 Å². The molecule has 0 aliphatic carbocycles. The third-order valence-corrected chi connectivity index (χ3v) is 1.12. The lowest BCUT2D eigenvalue weighted by molar-refractivity contribution is 0.402. The lowest BCUT2D eigenvalue weighted by Crippen LogP contribution is -1.95. The van der Waals surface area contributed by atoms with Gasteiger partial charge < -0.3 is 4.74 Å². The molecule has 64 valence electrons. The average Bonchev–Trinajstić information content (AvgIpc) is 2.21. The maximum Gasteiger partial charge on any atom is 0.327 e. The number of ether oxygens (including phenoxy) is 1. The first kappa shape index (κ1) is 7.47. The Labute approximate surface area is 72.9 Å². The van der Waals surface area contributed by atoms with Crippen molar-refractivity contribution in [2.45, 2.75) is 0 Å². The van der Waals surface area contributed by atoms with Crippen molar-refractivity contribution in [3.8, 4) is 12.0 Å². The molecule has 0 aliphatic rings. The second-order valence-corrected chi connectivity index (χ2v) is 1.94. The van der Waals surface area contributed by atoms with Crippen LogP contribution in [-0.4, -0.2) is 29.9 Å². The van der Waals surface area contributed by atoms with Crippen LogP contribution < -0.4 is 4.74 Å². The minimum absolute atomic E-state index is 0.154. The maximum absolute atomic E-state index is 5.05. The molecule has 0 spiro atoms. The van der Waals surface area contributed by atoms with Crippen molar-refractivity contribution < 1.29 is 4.74 Å². The Kier molecular flexibility index (Phi) is 2.00. The van der Waals surface area contributed by atoms with E-state index < -0.39 is 0 Å². The van der Waals surface area contributed by atoms with Crippen LogP contribution >= 0.6 is 0 Å². The first-order valence-electron chi connectivity index (χ1n) is 3.37. The predicted octanol–water partition coefficient (Wildman–Crippen LogP) is -0.151. The summed E-state index contributed by atoms with van der Waals surface area (Å²) in [6.07, 6.45) is 5.29. The van der Waals surface area contributed by atoms with E-state index in [0.29, 0.717) is 0 Å². The Morgan fingerprint density at radius 2 is 1.08 bits per heavy atom. The van der Waals surface area contributed by atoms with Crippen LogP contribution in [0.15, 0.2) is 25.3 Å². The predicted molar refractivity (Wildman–Crippen MR) is 39.7 cm³/mol. The number of nitrogens with zero attached hydrogens (tertiary/aromatic N) is 6. The molecule has 0 atom stereocenters. The highest BCUT2D eigenvalue weighted by molar-refractivity contribution is 4.99. The van der Waals surface area contributed by atoms with Crippen LogP contribution in [0.4, 0.5) is 0 Å². The van der Waals surface area contributed by atoms with Crippen molar-refractivity contribution in [1.29, 1.82) is 0 Å². The summed E-state index contributed by atoms with van der Waals surface area (Å²) in [6.45, 7) is 0. The van der Waals surface area contributed by atoms with Crippen LogP contribution in [0.25, 0.3) is 0 Å². The van der Waals surface area contributed by atoms with Crippen LogP contribution in [0, 0.1) is 0 Å². The van der Waals surface area contributed by atoms with Gasteiger partial charge in [0, 0.05) is 0 Å². The van der Waals surface area contributed by atoms with Gasteiger partial charge in [-0.15, -0.1) is 0 Å². The molecule has 2 aromatic heterocycles. The van der Waals surface area contributed by atoms with Gasteiger partial charge >= 0.3 is 12.0 Å². The summed E-state index contributed by atoms with van der Waals surface area (Å²) in [7, 11) is 0. The number of aromatic nitrogens is 6. The molecule has 0 fully saturated rings. The monoisotopic (exact) mass is 176 g/mol. The Morgan fingerprint density at radius 1 is 0.692 bits per heavy atom. The summed E-state index contributed by atoms with van der Waals surface area (Å²) in [5.74, 6) is 0. The molecule has 7 heteroatoms. The molecule has 0 saturated carbocycles. The molecule has 0 bridgehead atoms. The fraction of sp³-hybridized carbons (Fsp3) is 0. The topological polar surface area (TPSA) is 86.6 Å². The van der Waals surface area contributed by atoms with Crippen molar-refractivity contribution in [2.24, 2.45) is 0 Å². The van der Waals surface area contributed by atoms with Crippen molar-refractivity contribution in [2.75, 3.05) is 0 Å². The van der Waals surface area contributed by atoms with Crippen molar-refractivity contribution in [3.05, 3.63) is 25.3 Å². The van der Waals surface area contributed by atoms with Crippen LogP contribution in [0.3, 0.4) is 0 Å². The Bertz CT molecular complexity index is 328. The van der Waals surface area contributed by atoms with Crippen molar-refractivity contribution in [1.82, 2.24) is 29.9 Å². The molecule has 13 heavy (non-hydrogen) atoms. The zero-order valence-corrected chi connectivity index (χ0v) is 6.40. The lowest BCUT2D eigenvalue weighted by Gasteiger charge is -1.97. The van der Waals surface area contributed by atoms with Gasteiger partial charge in [0.25, 0.3) is 0 Å². The zero-order chi connectivity index (χ0) is 8.93.